The Morgan fingerprint density at radius 1 is 0.941 bits per heavy atom. The van der Waals surface area contributed by atoms with E-state index >= 15 is 0 Å². The highest BCUT2D eigenvalue weighted by Gasteiger charge is 2.49. The van der Waals surface area contributed by atoms with E-state index in [0.717, 1.165) is 5.56 Å². The van der Waals surface area contributed by atoms with Crippen molar-refractivity contribution in [2.24, 2.45) is 0 Å². The lowest BCUT2D eigenvalue weighted by Crippen LogP contribution is -2.66. The smallest absolute Gasteiger partial charge is 0.274 e. The van der Waals surface area contributed by atoms with Crippen molar-refractivity contribution in [2.45, 2.75) is 41.0 Å². The SMILES string of the molecule is C=CCO[C@@H]1[C@@H](OCC=C)[C@@H](NC(=O)C(Cl)(Cl)Cl)O[C@H](COCc2ccccc2)[C@H]1OCC=C. The van der Waals surface area contributed by atoms with Gasteiger partial charge < -0.3 is 29.0 Å². The Bertz CT molecular complexity index is 789. The van der Waals surface area contributed by atoms with Gasteiger partial charge >= 0.3 is 0 Å². The van der Waals surface area contributed by atoms with Gasteiger partial charge in [0.2, 0.25) is 0 Å². The van der Waals surface area contributed by atoms with E-state index in [9.17, 15) is 4.79 Å². The predicted molar refractivity (Wildman–Crippen MR) is 133 cm³/mol. The molecule has 1 amide bonds. The van der Waals surface area contributed by atoms with Crippen molar-refractivity contribution in [1.82, 2.24) is 5.32 Å². The topological polar surface area (TPSA) is 75.3 Å². The molecule has 1 aliphatic rings. The minimum Gasteiger partial charge on any atom is -0.374 e. The highest BCUT2D eigenvalue weighted by Crippen LogP contribution is 2.31. The Morgan fingerprint density at radius 2 is 1.50 bits per heavy atom. The molecule has 10 heteroatoms. The molecule has 0 radical (unpaired) electrons. The van der Waals surface area contributed by atoms with Gasteiger partial charge in [-0.3, -0.25) is 4.79 Å². The molecule has 34 heavy (non-hydrogen) atoms. The fraction of sp³-hybridized carbons (Fsp3) is 0.458. The maximum atomic E-state index is 12.4. The van der Waals surface area contributed by atoms with E-state index in [4.69, 9.17) is 58.5 Å². The summed E-state index contributed by atoms with van der Waals surface area (Å²) in [6.07, 6.45) is 0.988. The van der Waals surface area contributed by atoms with Gasteiger partial charge in [-0.25, -0.2) is 0 Å². The van der Waals surface area contributed by atoms with Gasteiger partial charge in [-0.05, 0) is 5.56 Å². The number of ether oxygens (including phenoxy) is 5. The number of carbonyl (C=O) groups is 1. The first kappa shape index (κ1) is 28.8. The van der Waals surface area contributed by atoms with Crippen LogP contribution < -0.4 is 5.32 Å². The van der Waals surface area contributed by atoms with Crippen molar-refractivity contribution in [2.75, 3.05) is 26.4 Å². The molecule has 1 aliphatic heterocycles. The van der Waals surface area contributed by atoms with Crippen molar-refractivity contribution >= 4 is 40.7 Å². The van der Waals surface area contributed by atoms with Gasteiger partial charge in [0.05, 0.1) is 33.0 Å². The number of halogens is 3. The number of hydrogen-bond acceptors (Lipinski definition) is 6. The first-order valence-electron chi connectivity index (χ1n) is 10.6. The molecule has 0 spiro atoms. The summed E-state index contributed by atoms with van der Waals surface area (Å²) in [6.45, 7) is 12.2. The van der Waals surface area contributed by atoms with E-state index in [1.807, 2.05) is 30.3 Å². The molecule has 1 N–H and O–H groups in total. The number of carbonyl (C=O) groups excluding carboxylic acids is 1. The minimum atomic E-state index is -2.20. The van der Waals surface area contributed by atoms with Crippen LogP contribution in [0, 0.1) is 0 Å². The number of benzene rings is 1. The number of amides is 1. The van der Waals surface area contributed by atoms with Gasteiger partial charge in [-0.15, -0.1) is 19.7 Å². The Hall–Kier alpha value is -1.42. The molecule has 0 saturated carbocycles. The standard InChI is InChI=1S/C24H30Cl3NO6/c1-4-12-31-19-18(16-30-15-17-10-8-7-9-11-17)34-22(28-23(29)24(25,26)27)21(33-14-6-3)20(19)32-13-5-2/h4-11,18-22H,1-3,12-16H2,(H,28,29)/t18-,19-,20+,21-,22+/m1/s1. The van der Waals surface area contributed by atoms with E-state index in [2.05, 4.69) is 25.1 Å². The fourth-order valence-electron chi connectivity index (χ4n) is 3.35. The van der Waals surface area contributed by atoms with E-state index in [0.29, 0.717) is 6.61 Å². The van der Waals surface area contributed by atoms with Gasteiger partial charge in [0, 0.05) is 0 Å². The molecule has 1 saturated heterocycles. The molecule has 0 aliphatic carbocycles. The maximum absolute atomic E-state index is 12.4. The second-order valence-corrected chi connectivity index (χ2v) is 9.61. The van der Waals surface area contributed by atoms with E-state index in [-0.39, 0.29) is 26.4 Å². The van der Waals surface area contributed by atoms with Crippen LogP contribution in [0.5, 0.6) is 0 Å². The molecule has 2 rings (SSSR count). The average molecular weight is 535 g/mol. The summed E-state index contributed by atoms with van der Waals surface area (Å²) in [4.78, 5) is 12.4. The summed E-state index contributed by atoms with van der Waals surface area (Å²) < 4.78 is 27.8. The number of alkyl halides is 3. The van der Waals surface area contributed by atoms with Crippen LogP contribution in [0.2, 0.25) is 0 Å². The quantitative estimate of drug-likeness (QED) is 0.286. The molecular formula is C24H30Cl3NO6. The van der Waals surface area contributed by atoms with Gasteiger partial charge in [0.15, 0.2) is 6.23 Å². The van der Waals surface area contributed by atoms with Crippen molar-refractivity contribution in [1.29, 1.82) is 0 Å². The van der Waals surface area contributed by atoms with Crippen LogP contribution >= 0.6 is 34.8 Å². The van der Waals surface area contributed by atoms with Crippen molar-refractivity contribution in [3.8, 4) is 0 Å². The summed E-state index contributed by atoms with van der Waals surface area (Å²) in [7, 11) is 0. The Labute approximate surface area is 215 Å². The lowest BCUT2D eigenvalue weighted by atomic mass is 9.97. The first-order chi connectivity index (χ1) is 16.3. The summed E-state index contributed by atoms with van der Waals surface area (Å²) in [5.41, 5.74) is 0.995. The molecule has 0 unspecified atom stereocenters. The highest BCUT2D eigenvalue weighted by atomic mass is 35.6. The zero-order valence-corrected chi connectivity index (χ0v) is 21.0. The number of nitrogens with one attached hydrogen (secondary N) is 1. The molecular weight excluding hydrogens is 505 g/mol. The van der Waals surface area contributed by atoms with Crippen molar-refractivity contribution in [3.05, 3.63) is 73.9 Å². The number of rotatable bonds is 14. The van der Waals surface area contributed by atoms with Crippen molar-refractivity contribution < 1.29 is 28.5 Å². The van der Waals surface area contributed by atoms with Crippen LogP contribution in [0.4, 0.5) is 0 Å². The lowest BCUT2D eigenvalue weighted by Gasteiger charge is -2.46. The van der Waals surface area contributed by atoms with Crippen LogP contribution in [-0.4, -0.2) is 66.8 Å². The summed E-state index contributed by atoms with van der Waals surface area (Å²) in [5, 5.41) is 2.59. The predicted octanol–water partition coefficient (Wildman–Crippen LogP) is 4.13. The Kier molecular flexibility index (Phi) is 12.6. The van der Waals surface area contributed by atoms with Gasteiger partial charge in [-0.1, -0.05) is 83.4 Å². The molecule has 1 aromatic rings. The molecule has 0 bridgehead atoms. The van der Waals surface area contributed by atoms with E-state index in [1.54, 1.807) is 18.2 Å². The van der Waals surface area contributed by atoms with Crippen LogP contribution in [-0.2, 0) is 35.1 Å². The zero-order chi connectivity index (χ0) is 25.0. The molecule has 1 fully saturated rings. The average Bonchev–Trinajstić information content (AvgIpc) is 2.81. The van der Waals surface area contributed by atoms with Gasteiger partial charge in [0.1, 0.15) is 24.4 Å². The zero-order valence-electron chi connectivity index (χ0n) is 18.7. The van der Waals surface area contributed by atoms with Crippen LogP contribution in [0.25, 0.3) is 0 Å². The fourth-order valence-corrected chi connectivity index (χ4v) is 3.52. The maximum Gasteiger partial charge on any atom is 0.274 e. The molecule has 1 aromatic carbocycles. The van der Waals surface area contributed by atoms with Gasteiger partial charge in [0.25, 0.3) is 9.70 Å². The summed E-state index contributed by atoms with van der Waals surface area (Å²) in [6, 6.07) is 9.68. The normalized spacial score (nSPS) is 24.9. The molecule has 5 atom stereocenters. The summed E-state index contributed by atoms with van der Waals surface area (Å²) >= 11 is 17.3. The van der Waals surface area contributed by atoms with Crippen LogP contribution in [0.1, 0.15) is 5.56 Å². The van der Waals surface area contributed by atoms with Crippen LogP contribution in [0.15, 0.2) is 68.3 Å². The van der Waals surface area contributed by atoms with Gasteiger partial charge in [-0.2, -0.15) is 0 Å². The van der Waals surface area contributed by atoms with Crippen molar-refractivity contribution in [3.63, 3.8) is 0 Å². The molecule has 7 nitrogen and oxygen atoms in total. The first-order valence-corrected chi connectivity index (χ1v) is 11.8. The lowest BCUT2D eigenvalue weighted by molar-refractivity contribution is -0.265. The second-order valence-electron chi connectivity index (χ2n) is 7.33. The molecule has 188 valence electrons. The Balaban J connectivity index is 2.29. The summed E-state index contributed by atoms with van der Waals surface area (Å²) in [5.74, 6) is -0.869. The van der Waals surface area contributed by atoms with Crippen LogP contribution in [0.3, 0.4) is 0 Å². The number of hydrogen-bond donors (Lipinski definition) is 1. The van der Waals surface area contributed by atoms with E-state index < -0.39 is 40.3 Å². The third kappa shape index (κ3) is 8.98. The minimum absolute atomic E-state index is 0.138. The Morgan fingerprint density at radius 3 is 2.06 bits per heavy atom. The monoisotopic (exact) mass is 533 g/mol. The van der Waals surface area contributed by atoms with E-state index in [1.165, 1.54) is 0 Å². The third-order valence-corrected chi connectivity index (χ3v) is 5.29. The third-order valence-electron chi connectivity index (χ3n) is 4.78. The second kappa shape index (κ2) is 14.9. The molecule has 0 aromatic heterocycles. The highest BCUT2D eigenvalue weighted by molar-refractivity contribution is 6.76. The largest absolute Gasteiger partial charge is 0.374 e. The molecule has 1 heterocycles.